The van der Waals surface area contributed by atoms with E-state index in [1.807, 2.05) is 18.2 Å². The Balaban J connectivity index is 1.89. The maximum atomic E-state index is 13.2. The number of aliphatic hydroxyl groups excluding tert-OH is 1. The SMILES string of the molecule is OC(Cc1cccc(F)c1)c1cc(Br)cc2c1OCC2. The minimum atomic E-state index is -0.707. The Morgan fingerprint density at radius 3 is 2.95 bits per heavy atom. The van der Waals surface area contributed by atoms with E-state index in [9.17, 15) is 9.50 Å². The van der Waals surface area contributed by atoms with Gasteiger partial charge in [0.15, 0.2) is 0 Å². The summed E-state index contributed by atoms with van der Waals surface area (Å²) < 4.78 is 19.7. The first kappa shape index (κ1) is 13.6. The van der Waals surface area contributed by atoms with Crippen LogP contribution in [0.3, 0.4) is 0 Å². The molecule has 1 heterocycles. The van der Waals surface area contributed by atoms with Crippen LogP contribution in [0.1, 0.15) is 22.8 Å². The first-order valence-corrected chi connectivity index (χ1v) is 7.30. The predicted molar refractivity (Wildman–Crippen MR) is 78.4 cm³/mol. The second kappa shape index (κ2) is 5.54. The van der Waals surface area contributed by atoms with Crippen LogP contribution in [0.2, 0.25) is 0 Å². The zero-order valence-corrected chi connectivity index (χ0v) is 12.4. The van der Waals surface area contributed by atoms with Crippen molar-refractivity contribution in [1.29, 1.82) is 0 Å². The van der Waals surface area contributed by atoms with Crippen molar-refractivity contribution >= 4 is 15.9 Å². The summed E-state index contributed by atoms with van der Waals surface area (Å²) in [5, 5.41) is 10.4. The van der Waals surface area contributed by atoms with Crippen molar-refractivity contribution in [3.8, 4) is 5.75 Å². The van der Waals surface area contributed by atoms with Crippen LogP contribution in [0.5, 0.6) is 5.75 Å². The van der Waals surface area contributed by atoms with E-state index >= 15 is 0 Å². The number of aliphatic hydroxyl groups is 1. The molecule has 0 spiro atoms. The van der Waals surface area contributed by atoms with Gasteiger partial charge in [0.1, 0.15) is 11.6 Å². The number of fused-ring (bicyclic) bond motifs is 1. The third-order valence-corrected chi connectivity index (χ3v) is 3.91. The third-order valence-electron chi connectivity index (χ3n) is 3.45. The van der Waals surface area contributed by atoms with E-state index < -0.39 is 6.10 Å². The summed E-state index contributed by atoms with van der Waals surface area (Å²) >= 11 is 3.45. The van der Waals surface area contributed by atoms with Gasteiger partial charge in [0.25, 0.3) is 0 Å². The maximum Gasteiger partial charge on any atom is 0.128 e. The van der Waals surface area contributed by atoms with Gasteiger partial charge in [-0.15, -0.1) is 0 Å². The lowest BCUT2D eigenvalue weighted by Crippen LogP contribution is -2.04. The average Bonchev–Trinajstić information content (AvgIpc) is 2.85. The van der Waals surface area contributed by atoms with Gasteiger partial charge in [-0.25, -0.2) is 4.39 Å². The minimum absolute atomic E-state index is 0.287. The number of rotatable bonds is 3. The molecule has 3 rings (SSSR count). The van der Waals surface area contributed by atoms with Gasteiger partial charge in [-0.3, -0.25) is 0 Å². The van der Waals surface area contributed by atoms with Crippen LogP contribution in [0.15, 0.2) is 40.9 Å². The summed E-state index contributed by atoms with van der Waals surface area (Å²) in [5.41, 5.74) is 2.63. The van der Waals surface area contributed by atoms with Crippen LogP contribution >= 0.6 is 15.9 Å². The smallest absolute Gasteiger partial charge is 0.128 e. The Kier molecular flexibility index (Phi) is 3.76. The summed E-state index contributed by atoms with van der Waals surface area (Å²) in [4.78, 5) is 0. The third kappa shape index (κ3) is 2.72. The molecule has 2 aromatic carbocycles. The molecule has 1 atom stereocenters. The molecule has 0 radical (unpaired) electrons. The lowest BCUT2D eigenvalue weighted by atomic mass is 9.98. The van der Waals surface area contributed by atoms with E-state index in [1.54, 1.807) is 6.07 Å². The number of hydrogen-bond acceptors (Lipinski definition) is 2. The van der Waals surface area contributed by atoms with Crippen molar-refractivity contribution in [2.45, 2.75) is 18.9 Å². The summed E-state index contributed by atoms with van der Waals surface area (Å²) in [6.07, 6.45) is 0.513. The van der Waals surface area contributed by atoms with Crippen molar-refractivity contribution in [2.24, 2.45) is 0 Å². The Bertz CT molecular complexity index is 642. The fraction of sp³-hybridized carbons (Fsp3) is 0.250. The number of halogens is 2. The molecule has 20 heavy (non-hydrogen) atoms. The Hall–Kier alpha value is -1.39. The molecule has 0 saturated carbocycles. The average molecular weight is 337 g/mol. The van der Waals surface area contributed by atoms with Gasteiger partial charge < -0.3 is 9.84 Å². The minimum Gasteiger partial charge on any atom is -0.493 e. The Morgan fingerprint density at radius 2 is 2.15 bits per heavy atom. The summed E-state index contributed by atoms with van der Waals surface area (Å²) in [6.45, 7) is 0.644. The molecule has 1 unspecified atom stereocenters. The van der Waals surface area contributed by atoms with Gasteiger partial charge >= 0.3 is 0 Å². The molecule has 0 saturated heterocycles. The van der Waals surface area contributed by atoms with E-state index in [1.165, 1.54) is 12.1 Å². The van der Waals surface area contributed by atoms with Crippen molar-refractivity contribution in [1.82, 2.24) is 0 Å². The quantitative estimate of drug-likeness (QED) is 0.923. The standard InChI is InChI=1S/C16H14BrFO2/c17-12-8-11-4-5-20-16(11)14(9-12)15(19)7-10-2-1-3-13(18)6-10/h1-3,6,8-9,15,19H,4-5,7H2. The topological polar surface area (TPSA) is 29.5 Å². The predicted octanol–water partition coefficient (Wildman–Crippen LogP) is 3.80. The van der Waals surface area contributed by atoms with Gasteiger partial charge in [0, 0.05) is 22.9 Å². The molecule has 104 valence electrons. The molecule has 0 bridgehead atoms. The van der Waals surface area contributed by atoms with Gasteiger partial charge in [0.05, 0.1) is 12.7 Å². The zero-order valence-electron chi connectivity index (χ0n) is 10.8. The van der Waals surface area contributed by atoms with E-state index in [4.69, 9.17) is 4.74 Å². The highest BCUT2D eigenvalue weighted by atomic mass is 79.9. The number of ether oxygens (including phenoxy) is 1. The van der Waals surface area contributed by atoms with Gasteiger partial charge in [-0.05, 0) is 35.4 Å². The van der Waals surface area contributed by atoms with Gasteiger partial charge in [-0.2, -0.15) is 0 Å². The molecule has 1 N–H and O–H groups in total. The zero-order chi connectivity index (χ0) is 14.1. The normalized spacial score (nSPS) is 14.8. The molecular formula is C16H14BrFO2. The van der Waals surface area contributed by atoms with E-state index in [0.717, 1.165) is 33.3 Å². The largest absolute Gasteiger partial charge is 0.493 e. The molecule has 2 nitrogen and oxygen atoms in total. The molecule has 4 heteroatoms. The molecule has 0 aliphatic carbocycles. The lowest BCUT2D eigenvalue weighted by Gasteiger charge is -2.15. The first-order chi connectivity index (χ1) is 9.63. The van der Waals surface area contributed by atoms with Gasteiger partial charge in [-0.1, -0.05) is 28.1 Å². The van der Waals surface area contributed by atoms with E-state index in [2.05, 4.69) is 15.9 Å². The fourth-order valence-corrected chi connectivity index (χ4v) is 3.07. The molecular weight excluding hydrogens is 323 g/mol. The molecule has 1 aliphatic heterocycles. The Morgan fingerprint density at radius 1 is 1.30 bits per heavy atom. The van der Waals surface area contributed by atoms with Crippen LogP contribution in [0, 0.1) is 5.82 Å². The van der Waals surface area contributed by atoms with Crippen LogP contribution in [0.25, 0.3) is 0 Å². The highest BCUT2D eigenvalue weighted by Gasteiger charge is 2.22. The second-order valence-electron chi connectivity index (χ2n) is 4.93. The van der Waals surface area contributed by atoms with E-state index in [0.29, 0.717) is 13.0 Å². The molecule has 2 aromatic rings. The monoisotopic (exact) mass is 336 g/mol. The second-order valence-corrected chi connectivity index (χ2v) is 5.85. The molecule has 1 aliphatic rings. The van der Waals surface area contributed by atoms with Crippen molar-refractivity contribution in [3.05, 3.63) is 63.4 Å². The van der Waals surface area contributed by atoms with E-state index in [-0.39, 0.29) is 5.82 Å². The molecule has 0 aromatic heterocycles. The highest BCUT2D eigenvalue weighted by molar-refractivity contribution is 9.10. The van der Waals surface area contributed by atoms with Gasteiger partial charge in [0.2, 0.25) is 0 Å². The summed E-state index contributed by atoms with van der Waals surface area (Å²) in [6, 6.07) is 10.2. The molecule has 0 fully saturated rings. The maximum absolute atomic E-state index is 13.2. The van der Waals surface area contributed by atoms with Crippen molar-refractivity contribution < 1.29 is 14.2 Å². The summed E-state index contributed by atoms with van der Waals surface area (Å²) in [5.74, 6) is 0.488. The fourth-order valence-electron chi connectivity index (χ4n) is 2.54. The van der Waals surface area contributed by atoms with Crippen molar-refractivity contribution in [3.63, 3.8) is 0 Å². The van der Waals surface area contributed by atoms with Crippen molar-refractivity contribution in [2.75, 3.05) is 6.61 Å². The number of benzene rings is 2. The summed E-state index contributed by atoms with van der Waals surface area (Å²) in [7, 11) is 0. The van der Waals surface area contributed by atoms with Crippen LogP contribution in [0.4, 0.5) is 4.39 Å². The molecule has 0 amide bonds. The van der Waals surface area contributed by atoms with Crippen LogP contribution < -0.4 is 4.74 Å². The first-order valence-electron chi connectivity index (χ1n) is 6.51. The number of hydrogen-bond donors (Lipinski definition) is 1. The van der Waals surface area contributed by atoms with Crippen LogP contribution in [-0.2, 0) is 12.8 Å². The lowest BCUT2D eigenvalue weighted by molar-refractivity contribution is 0.173. The Labute approximate surface area is 125 Å². The van der Waals surface area contributed by atoms with Crippen LogP contribution in [-0.4, -0.2) is 11.7 Å². The highest BCUT2D eigenvalue weighted by Crippen LogP contribution is 2.37.